The zero-order valence-corrected chi connectivity index (χ0v) is 15.8. The first-order chi connectivity index (χ1) is 13.6. The van der Waals surface area contributed by atoms with Crippen molar-refractivity contribution in [3.63, 3.8) is 0 Å². The Bertz CT molecular complexity index is 811. The number of hydrogen-bond acceptors (Lipinski definition) is 4. The van der Waals surface area contributed by atoms with Gasteiger partial charge in [-0.25, -0.2) is 0 Å². The molecule has 148 valence electrons. The summed E-state index contributed by atoms with van der Waals surface area (Å²) in [6.45, 7) is 1.88. The Kier molecular flexibility index (Phi) is 6.84. The van der Waals surface area contributed by atoms with Crippen LogP contribution in [0.5, 0.6) is 0 Å². The predicted octanol–water partition coefficient (Wildman–Crippen LogP) is 3.05. The van der Waals surface area contributed by atoms with Crippen LogP contribution in [0.2, 0.25) is 0 Å². The Morgan fingerprint density at radius 3 is 2.54 bits per heavy atom. The molecule has 3 rings (SSSR count). The first-order valence-electron chi connectivity index (χ1n) is 9.65. The Morgan fingerprint density at radius 1 is 1.00 bits per heavy atom. The van der Waals surface area contributed by atoms with Crippen molar-refractivity contribution in [2.45, 2.75) is 32.1 Å². The van der Waals surface area contributed by atoms with Crippen LogP contribution in [0.15, 0.2) is 47.1 Å². The van der Waals surface area contributed by atoms with Gasteiger partial charge in [-0.3, -0.25) is 14.4 Å². The molecule has 0 bridgehead atoms. The lowest BCUT2D eigenvalue weighted by molar-refractivity contribution is -0.116. The molecule has 0 aliphatic carbocycles. The molecule has 2 N–H and O–H groups in total. The fourth-order valence-electron chi connectivity index (χ4n) is 3.20. The summed E-state index contributed by atoms with van der Waals surface area (Å²) in [6.07, 6.45) is 5.35. The zero-order valence-electron chi connectivity index (χ0n) is 15.8. The van der Waals surface area contributed by atoms with Crippen LogP contribution in [0.25, 0.3) is 0 Å². The van der Waals surface area contributed by atoms with Gasteiger partial charge in [0, 0.05) is 26.1 Å². The fraction of sp³-hybridized carbons (Fsp3) is 0.381. The number of rotatable bonds is 7. The van der Waals surface area contributed by atoms with Gasteiger partial charge in [-0.2, -0.15) is 0 Å². The van der Waals surface area contributed by atoms with E-state index in [2.05, 4.69) is 10.6 Å². The summed E-state index contributed by atoms with van der Waals surface area (Å²) in [5, 5.41) is 5.53. The molecule has 1 saturated heterocycles. The lowest BCUT2D eigenvalue weighted by Crippen LogP contribution is -2.36. The Labute approximate surface area is 164 Å². The van der Waals surface area contributed by atoms with E-state index in [1.807, 2.05) is 4.90 Å². The number of carbonyl (C=O) groups is 3. The summed E-state index contributed by atoms with van der Waals surface area (Å²) >= 11 is 0. The number of nitrogens with zero attached hydrogens (tertiary/aromatic N) is 1. The van der Waals surface area contributed by atoms with Crippen molar-refractivity contribution < 1.29 is 18.8 Å². The van der Waals surface area contributed by atoms with Gasteiger partial charge in [-0.1, -0.05) is 12.1 Å². The van der Waals surface area contributed by atoms with Crippen molar-refractivity contribution in [2.75, 3.05) is 25.0 Å². The van der Waals surface area contributed by atoms with Crippen LogP contribution in [0.1, 0.15) is 53.0 Å². The van der Waals surface area contributed by atoms with Gasteiger partial charge in [-0.05, 0) is 49.9 Å². The second-order valence-corrected chi connectivity index (χ2v) is 6.78. The number of nitrogens with one attached hydrogen (secondary N) is 2. The normalized spacial score (nSPS) is 13.8. The Balaban J connectivity index is 1.48. The third-order valence-corrected chi connectivity index (χ3v) is 4.69. The summed E-state index contributed by atoms with van der Waals surface area (Å²) in [7, 11) is 0. The van der Waals surface area contributed by atoms with Gasteiger partial charge in [-0.15, -0.1) is 0 Å². The van der Waals surface area contributed by atoms with Crippen molar-refractivity contribution in [3.8, 4) is 0 Å². The molecule has 1 aromatic carbocycles. The Morgan fingerprint density at radius 2 is 1.79 bits per heavy atom. The van der Waals surface area contributed by atoms with Gasteiger partial charge in [0.15, 0.2) is 5.76 Å². The predicted molar refractivity (Wildman–Crippen MR) is 105 cm³/mol. The minimum Gasteiger partial charge on any atom is -0.459 e. The summed E-state index contributed by atoms with van der Waals surface area (Å²) in [5.41, 5.74) is 1.05. The molecule has 3 amide bonds. The highest BCUT2D eigenvalue weighted by Crippen LogP contribution is 2.20. The number of likely N-dealkylation sites (tertiary alicyclic amines) is 1. The number of carbonyl (C=O) groups excluding carboxylic acids is 3. The third-order valence-electron chi connectivity index (χ3n) is 4.69. The van der Waals surface area contributed by atoms with Crippen molar-refractivity contribution in [1.29, 1.82) is 0 Å². The molecule has 0 radical (unpaired) electrons. The Hall–Kier alpha value is -3.09. The molecule has 0 spiro atoms. The number of hydrogen-bond donors (Lipinski definition) is 2. The molecule has 7 heteroatoms. The first kappa shape index (κ1) is 19.7. The number of benzene rings is 1. The van der Waals surface area contributed by atoms with E-state index in [4.69, 9.17) is 4.42 Å². The molecule has 0 saturated carbocycles. The topological polar surface area (TPSA) is 91.6 Å². The van der Waals surface area contributed by atoms with Gasteiger partial charge < -0.3 is 20.0 Å². The number of piperidine rings is 1. The van der Waals surface area contributed by atoms with Crippen LogP contribution in [0.3, 0.4) is 0 Å². The molecular formula is C21H25N3O4. The van der Waals surface area contributed by atoms with Crippen LogP contribution in [0, 0.1) is 0 Å². The van der Waals surface area contributed by atoms with Crippen molar-refractivity contribution in [2.24, 2.45) is 0 Å². The van der Waals surface area contributed by atoms with E-state index in [-0.39, 0.29) is 29.9 Å². The molecule has 1 aromatic heterocycles. The average Bonchev–Trinajstić information content (AvgIpc) is 3.27. The van der Waals surface area contributed by atoms with E-state index < -0.39 is 0 Å². The summed E-state index contributed by atoms with van der Waals surface area (Å²) in [4.78, 5) is 38.6. The molecule has 1 aliphatic heterocycles. The van der Waals surface area contributed by atoms with Gasteiger partial charge in [0.25, 0.3) is 11.8 Å². The van der Waals surface area contributed by atoms with Crippen molar-refractivity contribution in [3.05, 3.63) is 54.0 Å². The van der Waals surface area contributed by atoms with Crippen LogP contribution in [-0.4, -0.2) is 42.3 Å². The van der Waals surface area contributed by atoms with Gasteiger partial charge in [0.1, 0.15) is 0 Å². The molecule has 28 heavy (non-hydrogen) atoms. The molecule has 2 aromatic rings. The summed E-state index contributed by atoms with van der Waals surface area (Å²) in [5.74, 6) is -0.287. The molecule has 2 heterocycles. The van der Waals surface area contributed by atoms with E-state index in [0.717, 1.165) is 32.4 Å². The molecule has 1 fully saturated rings. The standard InChI is InChI=1S/C21H25N3O4/c25-19(11-6-12-22-20(26)18-10-7-15-28-18)23-17-9-3-2-8-16(17)21(27)24-13-4-1-5-14-24/h2-3,7-10,15H,1,4-6,11-14H2,(H,22,26)(H,23,25). The highest BCUT2D eigenvalue weighted by molar-refractivity contribution is 6.03. The molecule has 0 atom stereocenters. The number of furan rings is 1. The zero-order chi connectivity index (χ0) is 19.8. The van der Waals surface area contributed by atoms with E-state index in [0.29, 0.717) is 24.2 Å². The quantitative estimate of drug-likeness (QED) is 0.719. The lowest BCUT2D eigenvalue weighted by Gasteiger charge is -2.27. The number of anilines is 1. The number of amides is 3. The van der Waals surface area contributed by atoms with E-state index >= 15 is 0 Å². The fourth-order valence-corrected chi connectivity index (χ4v) is 3.20. The molecular weight excluding hydrogens is 358 g/mol. The minimum absolute atomic E-state index is 0.0405. The SMILES string of the molecule is O=C(CCCNC(=O)c1ccco1)Nc1ccccc1C(=O)N1CCCCC1. The lowest BCUT2D eigenvalue weighted by atomic mass is 10.1. The van der Waals surface area contributed by atoms with E-state index in [1.165, 1.54) is 6.26 Å². The first-order valence-corrected chi connectivity index (χ1v) is 9.65. The van der Waals surface area contributed by atoms with Gasteiger partial charge >= 0.3 is 0 Å². The van der Waals surface area contributed by atoms with Crippen molar-refractivity contribution in [1.82, 2.24) is 10.2 Å². The third kappa shape index (κ3) is 5.22. The maximum absolute atomic E-state index is 12.8. The van der Waals surface area contributed by atoms with Crippen LogP contribution < -0.4 is 10.6 Å². The molecule has 7 nitrogen and oxygen atoms in total. The average molecular weight is 383 g/mol. The highest BCUT2D eigenvalue weighted by Gasteiger charge is 2.21. The maximum atomic E-state index is 12.8. The molecule has 0 unspecified atom stereocenters. The smallest absolute Gasteiger partial charge is 0.286 e. The van der Waals surface area contributed by atoms with Gasteiger partial charge in [0.2, 0.25) is 5.91 Å². The second-order valence-electron chi connectivity index (χ2n) is 6.78. The number of para-hydroxylation sites is 1. The maximum Gasteiger partial charge on any atom is 0.286 e. The largest absolute Gasteiger partial charge is 0.459 e. The highest BCUT2D eigenvalue weighted by atomic mass is 16.3. The van der Waals surface area contributed by atoms with Crippen LogP contribution in [0.4, 0.5) is 5.69 Å². The van der Waals surface area contributed by atoms with Crippen LogP contribution in [-0.2, 0) is 4.79 Å². The van der Waals surface area contributed by atoms with E-state index in [9.17, 15) is 14.4 Å². The van der Waals surface area contributed by atoms with Crippen molar-refractivity contribution >= 4 is 23.4 Å². The molecule has 1 aliphatic rings. The van der Waals surface area contributed by atoms with Gasteiger partial charge in [0.05, 0.1) is 17.5 Å². The minimum atomic E-state index is -0.303. The summed E-state index contributed by atoms with van der Waals surface area (Å²) < 4.78 is 5.01. The van der Waals surface area contributed by atoms with Crippen LogP contribution >= 0.6 is 0 Å². The summed E-state index contributed by atoms with van der Waals surface area (Å²) in [6, 6.07) is 10.3. The monoisotopic (exact) mass is 383 g/mol. The van der Waals surface area contributed by atoms with E-state index in [1.54, 1.807) is 36.4 Å². The second kappa shape index (κ2) is 9.73.